The molecule has 0 saturated heterocycles. The summed E-state index contributed by atoms with van der Waals surface area (Å²) in [6.07, 6.45) is 4.70. The first kappa shape index (κ1) is 16.3. The van der Waals surface area contributed by atoms with E-state index in [-0.39, 0.29) is 11.2 Å². The minimum absolute atomic E-state index is 0.307. The molecule has 2 heterocycles. The maximum absolute atomic E-state index is 12.3. The van der Waals surface area contributed by atoms with Crippen molar-refractivity contribution in [3.05, 3.63) is 20.8 Å². The van der Waals surface area contributed by atoms with Crippen molar-refractivity contribution in [1.82, 2.24) is 18.7 Å². The summed E-state index contributed by atoms with van der Waals surface area (Å²) < 4.78 is 4.32. The van der Waals surface area contributed by atoms with E-state index < -0.39 is 0 Å². The second kappa shape index (κ2) is 6.37. The van der Waals surface area contributed by atoms with E-state index in [9.17, 15) is 9.59 Å². The van der Waals surface area contributed by atoms with E-state index in [0.717, 1.165) is 17.5 Å². The number of hydrogen-bond donors (Lipinski definition) is 0. The molecule has 0 atom stereocenters. The minimum atomic E-state index is -0.354. The minimum Gasteiger partial charge on any atom is -0.345 e. The van der Waals surface area contributed by atoms with Crippen LogP contribution >= 0.6 is 0 Å². The lowest BCUT2D eigenvalue weighted by atomic mass is 10.2. The first-order valence-corrected chi connectivity index (χ1v) is 7.73. The van der Waals surface area contributed by atoms with Crippen LogP contribution in [-0.4, -0.2) is 32.3 Å². The molecule has 0 amide bonds. The Balaban J connectivity index is 2.43. The molecule has 0 fully saturated rings. The molecule has 0 spiro atoms. The molecule has 0 aliphatic carbocycles. The van der Waals surface area contributed by atoms with Gasteiger partial charge in [0.1, 0.15) is 0 Å². The molecule has 7 nitrogen and oxygen atoms in total. The van der Waals surface area contributed by atoms with Crippen LogP contribution < -0.4 is 16.1 Å². The van der Waals surface area contributed by atoms with E-state index in [2.05, 4.69) is 11.9 Å². The van der Waals surface area contributed by atoms with Crippen molar-refractivity contribution in [1.29, 1.82) is 0 Å². The summed E-state index contributed by atoms with van der Waals surface area (Å²) in [5.41, 5.74) is 0.234. The van der Waals surface area contributed by atoms with Crippen LogP contribution in [0, 0.1) is 0 Å². The highest BCUT2D eigenvalue weighted by Crippen LogP contribution is 2.17. The Hall–Kier alpha value is -2.05. The average molecular weight is 307 g/mol. The monoisotopic (exact) mass is 307 g/mol. The molecular formula is C15H25N5O2. The lowest BCUT2D eigenvalue weighted by Gasteiger charge is -2.17. The van der Waals surface area contributed by atoms with Gasteiger partial charge in [0.25, 0.3) is 5.56 Å². The van der Waals surface area contributed by atoms with Crippen LogP contribution in [0.4, 0.5) is 5.95 Å². The van der Waals surface area contributed by atoms with Crippen LogP contribution in [0.1, 0.15) is 32.6 Å². The number of aromatic nitrogens is 4. The van der Waals surface area contributed by atoms with Crippen molar-refractivity contribution in [2.75, 3.05) is 18.5 Å². The van der Waals surface area contributed by atoms with Gasteiger partial charge < -0.3 is 9.47 Å². The number of rotatable bonds is 6. The molecule has 122 valence electrons. The standard InChI is InChI=1S/C15H25N5O2/c1-6-7-8-9-10-17(2)14-16-12-11(18(14)3)13(21)20(5)15(22)19(12)4/h6-10H2,1-5H3. The quantitative estimate of drug-likeness (QED) is 0.747. The topological polar surface area (TPSA) is 65.1 Å². The zero-order valence-electron chi connectivity index (χ0n) is 14.1. The fourth-order valence-electron chi connectivity index (χ4n) is 2.72. The van der Waals surface area contributed by atoms with E-state index in [1.54, 1.807) is 11.6 Å². The predicted molar refractivity (Wildman–Crippen MR) is 88.6 cm³/mol. The van der Waals surface area contributed by atoms with Gasteiger partial charge in [0.2, 0.25) is 5.95 Å². The molecule has 2 rings (SSSR count). The Kier molecular flexibility index (Phi) is 4.73. The number of aryl methyl sites for hydroxylation is 2. The van der Waals surface area contributed by atoms with Crippen LogP contribution in [0.2, 0.25) is 0 Å². The normalized spacial score (nSPS) is 11.3. The number of nitrogens with zero attached hydrogens (tertiary/aromatic N) is 5. The van der Waals surface area contributed by atoms with Gasteiger partial charge in [-0.2, -0.15) is 4.98 Å². The van der Waals surface area contributed by atoms with Gasteiger partial charge in [0.05, 0.1) is 0 Å². The maximum atomic E-state index is 12.3. The lowest BCUT2D eigenvalue weighted by molar-refractivity contribution is 0.652. The van der Waals surface area contributed by atoms with Crippen molar-refractivity contribution < 1.29 is 0 Å². The number of imidazole rings is 1. The van der Waals surface area contributed by atoms with Crippen LogP contribution in [0.15, 0.2) is 9.59 Å². The Morgan fingerprint density at radius 2 is 1.68 bits per heavy atom. The molecular weight excluding hydrogens is 282 g/mol. The van der Waals surface area contributed by atoms with E-state index in [1.165, 1.54) is 30.9 Å². The zero-order chi connectivity index (χ0) is 16.4. The molecule has 7 heteroatoms. The van der Waals surface area contributed by atoms with Gasteiger partial charge in [0, 0.05) is 34.7 Å². The first-order valence-electron chi connectivity index (χ1n) is 7.73. The third kappa shape index (κ3) is 2.67. The molecule has 2 aromatic rings. The highest BCUT2D eigenvalue weighted by atomic mass is 16.2. The Labute approximate surface area is 129 Å². The van der Waals surface area contributed by atoms with Crippen LogP contribution in [0.3, 0.4) is 0 Å². The molecule has 0 bridgehead atoms. The number of hydrogen-bond acceptors (Lipinski definition) is 4. The Bertz CT molecular complexity index is 784. The molecule has 2 aromatic heterocycles. The molecule has 22 heavy (non-hydrogen) atoms. The Morgan fingerprint density at radius 3 is 2.32 bits per heavy atom. The van der Waals surface area contributed by atoms with E-state index in [0.29, 0.717) is 17.1 Å². The van der Waals surface area contributed by atoms with E-state index in [1.807, 2.05) is 19.0 Å². The molecule has 0 radical (unpaired) electrons. The fraction of sp³-hybridized carbons (Fsp3) is 0.667. The molecule has 0 aromatic carbocycles. The second-order valence-corrected chi connectivity index (χ2v) is 5.83. The van der Waals surface area contributed by atoms with Gasteiger partial charge in [-0.1, -0.05) is 26.2 Å². The van der Waals surface area contributed by atoms with Crippen molar-refractivity contribution in [3.63, 3.8) is 0 Å². The Morgan fingerprint density at radius 1 is 1.00 bits per heavy atom. The summed E-state index contributed by atoms with van der Waals surface area (Å²) in [5, 5.41) is 0. The predicted octanol–water partition coefficient (Wildman–Crippen LogP) is 0.987. The first-order chi connectivity index (χ1) is 10.4. The summed E-state index contributed by atoms with van der Waals surface area (Å²) in [4.78, 5) is 30.9. The van der Waals surface area contributed by atoms with Crippen molar-refractivity contribution in [3.8, 4) is 0 Å². The summed E-state index contributed by atoms with van der Waals surface area (Å²) in [5.74, 6) is 0.713. The largest absolute Gasteiger partial charge is 0.345 e. The zero-order valence-corrected chi connectivity index (χ0v) is 14.1. The smallest absolute Gasteiger partial charge is 0.332 e. The molecule has 0 aliphatic heterocycles. The van der Waals surface area contributed by atoms with Crippen molar-refractivity contribution >= 4 is 17.1 Å². The van der Waals surface area contributed by atoms with Gasteiger partial charge in [-0.05, 0) is 6.42 Å². The molecule has 0 unspecified atom stereocenters. The van der Waals surface area contributed by atoms with Gasteiger partial charge in [0.15, 0.2) is 11.2 Å². The van der Waals surface area contributed by atoms with Crippen molar-refractivity contribution in [2.24, 2.45) is 21.1 Å². The van der Waals surface area contributed by atoms with Gasteiger partial charge in [-0.15, -0.1) is 0 Å². The lowest BCUT2D eigenvalue weighted by Crippen LogP contribution is -2.37. The van der Waals surface area contributed by atoms with Crippen LogP contribution in [-0.2, 0) is 21.1 Å². The number of anilines is 1. The molecule has 0 aliphatic rings. The summed E-state index contributed by atoms with van der Waals surface area (Å²) in [6, 6.07) is 0. The van der Waals surface area contributed by atoms with Gasteiger partial charge in [-0.3, -0.25) is 13.9 Å². The summed E-state index contributed by atoms with van der Waals surface area (Å²) >= 11 is 0. The summed E-state index contributed by atoms with van der Waals surface area (Å²) in [7, 11) is 6.92. The van der Waals surface area contributed by atoms with Gasteiger partial charge >= 0.3 is 5.69 Å². The molecule has 0 saturated carbocycles. The van der Waals surface area contributed by atoms with E-state index >= 15 is 0 Å². The average Bonchev–Trinajstić information content (AvgIpc) is 2.85. The highest BCUT2D eigenvalue weighted by Gasteiger charge is 2.18. The summed E-state index contributed by atoms with van der Waals surface area (Å²) in [6.45, 7) is 3.07. The number of unbranched alkanes of at least 4 members (excludes halogenated alkanes) is 3. The van der Waals surface area contributed by atoms with Crippen LogP contribution in [0.25, 0.3) is 11.2 Å². The maximum Gasteiger partial charge on any atom is 0.332 e. The number of fused-ring (bicyclic) bond motifs is 1. The van der Waals surface area contributed by atoms with Crippen molar-refractivity contribution in [2.45, 2.75) is 32.6 Å². The third-order valence-corrected chi connectivity index (χ3v) is 4.14. The third-order valence-electron chi connectivity index (χ3n) is 4.14. The van der Waals surface area contributed by atoms with Gasteiger partial charge in [-0.25, -0.2) is 4.79 Å². The highest BCUT2D eigenvalue weighted by molar-refractivity contribution is 5.74. The second-order valence-electron chi connectivity index (χ2n) is 5.83. The SMILES string of the molecule is CCCCCCN(C)c1nc2c(c(=O)n(C)c(=O)n2C)n1C. The van der Waals surface area contributed by atoms with E-state index in [4.69, 9.17) is 0 Å². The van der Waals surface area contributed by atoms with Crippen LogP contribution in [0.5, 0.6) is 0 Å². The fourth-order valence-corrected chi connectivity index (χ4v) is 2.72. The molecule has 0 N–H and O–H groups in total.